The highest BCUT2D eigenvalue weighted by atomic mass is 16.5. The van der Waals surface area contributed by atoms with Crippen molar-refractivity contribution in [2.24, 2.45) is 28.6 Å². The molecule has 0 aromatic heterocycles. The van der Waals surface area contributed by atoms with Crippen LogP contribution in [-0.4, -0.2) is 52.0 Å². The maximum atomic E-state index is 12.7. The lowest BCUT2D eigenvalue weighted by Crippen LogP contribution is -2.68. The monoisotopic (exact) mass is 522 g/mol. The van der Waals surface area contributed by atoms with Crippen molar-refractivity contribution in [2.45, 2.75) is 82.0 Å². The van der Waals surface area contributed by atoms with E-state index in [4.69, 9.17) is 9.47 Å². The number of rotatable bonds is 4. The van der Waals surface area contributed by atoms with Crippen molar-refractivity contribution < 1.29 is 34.4 Å². The molecule has 4 aliphatic carbocycles. The number of carbonyl (C=O) groups excluding carboxylic acids is 2. The molecule has 4 fully saturated rings. The van der Waals surface area contributed by atoms with Crippen molar-refractivity contribution in [3.8, 4) is 5.75 Å². The van der Waals surface area contributed by atoms with Gasteiger partial charge < -0.3 is 29.6 Å². The highest BCUT2D eigenvalue weighted by Crippen LogP contribution is 2.70. The largest absolute Gasteiger partial charge is 0.497 e. The summed E-state index contributed by atoms with van der Waals surface area (Å²) >= 11 is 0. The first-order valence-corrected chi connectivity index (χ1v) is 14.0. The molecule has 4 saturated carbocycles. The van der Waals surface area contributed by atoms with E-state index in [1.54, 1.807) is 13.2 Å². The lowest BCUT2D eigenvalue weighted by molar-refractivity contribution is -0.248. The molecule has 5 aliphatic rings. The second kappa shape index (κ2) is 8.77. The third kappa shape index (κ3) is 3.44. The number of benzene rings is 1. The first-order chi connectivity index (χ1) is 18.1. The fourth-order valence-corrected chi connectivity index (χ4v) is 9.28. The average Bonchev–Trinajstić information content (AvgIpc) is 3.39. The summed E-state index contributed by atoms with van der Waals surface area (Å²) in [7, 11) is 1.62. The fourth-order valence-electron chi connectivity index (χ4n) is 9.28. The molecule has 7 nitrogen and oxygen atoms in total. The molecular weight excluding hydrogens is 484 g/mol. The fraction of sp³-hybridized carbons (Fsp3) is 0.613. The van der Waals surface area contributed by atoms with E-state index in [-0.39, 0.29) is 24.2 Å². The van der Waals surface area contributed by atoms with Gasteiger partial charge in [-0.05, 0) is 92.9 Å². The smallest absolute Gasteiger partial charge is 0.336 e. The van der Waals surface area contributed by atoms with Gasteiger partial charge in [0.15, 0.2) is 0 Å². The van der Waals surface area contributed by atoms with Gasteiger partial charge >= 0.3 is 5.97 Å². The van der Waals surface area contributed by atoms with Gasteiger partial charge in [0.05, 0.1) is 29.8 Å². The summed E-state index contributed by atoms with van der Waals surface area (Å²) in [6.45, 7) is 2.13. The molecule has 0 bridgehead atoms. The van der Waals surface area contributed by atoms with E-state index in [1.165, 1.54) is 0 Å². The third-order valence-electron chi connectivity index (χ3n) is 11.3. The molecule has 1 aromatic carbocycles. The van der Waals surface area contributed by atoms with Crippen molar-refractivity contribution >= 4 is 18.3 Å². The molecule has 0 radical (unpaired) electrons. The Hall–Kier alpha value is -2.48. The minimum Gasteiger partial charge on any atom is -0.497 e. The van der Waals surface area contributed by atoms with Crippen LogP contribution in [0.2, 0.25) is 0 Å². The molecule has 0 amide bonds. The highest BCUT2D eigenvalue weighted by molar-refractivity contribution is 5.90. The maximum absolute atomic E-state index is 12.7. The van der Waals surface area contributed by atoms with E-state index in [0.29, 0.717) is 44.3 Å². The van der Waals surface area contributed by atoms with Crippen molar-refractivity contribution in [1.82, 2.24) is 0 Å². The number of allylic oxidation sites excluding steroid dienone is 1. The Morgan fingerprint density at radius 3 is 2.45 bits per heavy atom. The Kier molecular flexibility index (Phi) is 5.95. The van der Waals surface area contributed by atoms with E-state index in [1.807, 2.05) is 30.3 Å². The maximum Gasteiger partial charge on any atom is 0.336 e. The third-order valence-corrected chi connectivity index (χ3v) is 11.3. The molecule has 3 N–H and O–H groups in total. The summed E-state index contributed by atoms with van der Waals surface area (Å²) in [4.78, 5) is 25.2. The normalized spacial score (nSPS) is 45.0. The summed E-state index contributed by atoms with van der Waals surface area (Å²) in [6, 6.07) is 7.55. The lowest BCUT2D eigenvalue weighted by atomic mass is 9.41. The molecule has 1 aromatic rings. The Bertz CT molecular complexity index is 1200. The molecule has 7 heteroatoms. The molecular formula is C31H38O7. The quantitative estimate of drug-likeness (QED) is 0.405. The number of hydrogen-bond donors (Lipinski definition) is 3. The number of fused-ring (bicyclic) bond motifs is 5. The number of hydrogen-bond acceptors (Lipinski definition) is 7. The second-order valence-corrected chi connectivity index (χ2v) is 12.6. The van der Waals surface area contributed by atoms with Crippen molar-refractivity contribution in [3.05, 3.63) is 47.2 Å². The molecule has 1 heterocycles. The number of ether oxygens (including phenoxy) is 2. The first-order valence-electron chi connectivity index (χ1n) is 14.0. The predicted molar refractivity (Wildman–Crippen MR) is 140 cm³/mol. The van der Waals surface area contributed by atoms with Crippen LogP contribution in [0, 0.1) is 28.6 Å². The number of cyclic esters (lactones) is 1. The van der Waals surface area contributed by atoms with E-state index >= 15 is 0 Å². The Morgan fingerprint density at radius 2 is 1.74 bits per heavy atom. The minimum absolute atomic E-state index is 0.0643. The van der Waals surface area contributed by atoms with Crippen LogP contribution in [0.1, 0.15) is 70.3 Å². The zero-order chi connectivity index (χ0) is 26.9. The van der Waals surface area contributed by atoms with Crippen LogP contribution < -0.4 is 4.74 Å². The minimum atomic E-state index is -1.22. The molecule has 1 unspecified atom stereocenters. The van der Waals surface area contributed by atoms with Crippen LogP contribution in [-0.2, 0) is 14.3 Å². The van der Waals surface area contributed by atoms with Crippen LogP contribution in [0.3, 0.4) is 0 Å². The van der Waals surface area contributed by atoms with E-state index < -0.39 is 34.1 Å². The lowest BCUT2D eigenvalue weighted by Gasteiger charge is -2.65. The van der Waals surface area contributed by atoms with Crippen LogP contribution in [0.15, 0.2) is 41.7 Å². The number of aldehydes is 1. The van der Waals surface area contributed by atoms with Crippen molar-refractivity contribution in [1.29, 1.82) is 0 Å². The second-order valence-electron chi connectivity index (χ2n) is 12.6. The van der Waals surface area contributed by atoms with E-state index in [2.05, 4.69) is 6.92 Å². The van der Waals surface area contributed by atoms with Gasteiger partial charge in [-0.15, -0.1) is 0 Å². The van der Waals surface area contributed by atoms with Gasteiger partial charge in [-0.1, -0.05) is 19.1 Å². The number of esters is 1. The zero-order valence-corrected chi connectivity index (χ0v) is 22.2. The van der Waals surface area contributed by atoms with Gasteiger partial charge in [-0.25, -0.2) is 4.79 Å². The van der Waals surface area contributed by atoms with Crippen molar-refractivity contribution in [3.63, 3.8) is 0 Å². The number of aliphatic hydroxyl groups excluding tert-OH is 1. The van der Waals surface area contributed by atoms with Crippen LogP contribution >= 0.6 is 0 Å². The van der Waals surface area contributed by atoms with Gasteiger partial charge in [-0.3, -0.25) is 0 Å². The summed E-state index contributed by atoms with van der Waals surface area (Å²) in [5.74, 6) is 0.562. The zero-order valence-electron chi connectivity index (χ0n) is 22.2. The van der Waals surface area contributed by atoms with Gasteiger partial charge in [0.25, 0.3) is 0 Å². The number of carbonyl (C=O) groups is 2. The summed E-state index contributed by atoms with van der Waals surface area (Å²) in [6.07, 6.45) is 8.70. The van der Waals surface area contributed by atoms with E-state index in [0.717, 1.165) is 36.0 Å². The summed E-state index contributed by atoms with van der Waals surface area (Å²) < 4.78 is 10.9. The van der Waals surface area contributed by atoms with Gasteiger partial charge in [-0.2, -0.15) is 0 Å². The Balaban J connectivity index is 1.33. The first kappa shape index (κ1) is 25.8. The number of aliphatic hydroxyl groups is 3. The van der Waals surface area contributed by atoms with Gasteiger partial charge in [0.2, 0.25) is 0 Å². The summed E-state index contributed by atoms with van der Waals surface area (Å²) in [5.41, 5.74) is -1.96. The SMILES string of the molecule is COc1ccc(/C=C2\OC(=O)C=C2[C@H]2CCC3(O)[C@@H]4CC[C@]5(O)C[C@@H](O)CC[C@]5(C=O)[C@H]4CC[C@]23C)cc1. The molecule has 8 atom stereocenters. The average molecular weight is 523 g/mol. The standard InChI is InChI=1S/C31H38O7/c1-28-11-8-24-25(9-13-30(35)17-20(33)7-12-29(24,30)18-32)31(28,36)14-10-23(28)22-16-27(34)38-26(22)15-19-3-5-21(37-2)6-4-19/h3-6,15-16,18,20,23-25,33,35-36H,7-14,17H2,1-2H3/b26-15-/t20-,23+,24-,25+,28+,29-,30-,31?/m0/s1. The predicted octanol–water partition coefficient (Wildman–Crippen LogP) is 3.95. The van der Waals surface area contributed by atoms with Crippen LogP contribution in [0.25, 0.3) is 6.08 Å². The number of methoxy groups -OCH3 is 1. The Labute approximate surface area is 223 Å². The topological polar surface area (TPSA) is 113 Å². The van der Waals surface area contributed by atoms with Crippen molar-refractivity contribution in [2.75, 3.05) is 7.11 Å². The van der Waals surface area contributed by atoms with E-state index in [9.17, 15) is 24.9 Å². The van der Waals surface area contributed by atoms with Crippen LogP contribution in [0.4, 0.5) is 0 Å². The molecule has 1 aliphatic heterocycles. The van der Waals surface area contributed by atoms with Crippen LogP contribution in [0.5, 0.6) is 5.75 Å². The van der Waals surface area contributed by atoms with Gasteiger partial charge in [0.1, 0.15) is 17.8 Å². The highest BCUT2D eigenvalue weighted by Gasteiger charge is 2.71. The summed E-state index contributed by atoms with van der Waals surface area (Å²) in [5, 5.41) is 34.5. The molecule has 204 valence electrons. The molecule has 6 rings (SSSR count). The van der Waals surface area contributed by atoms with Gasteiger partial charge in [0, 0.05) is 23.5 Å². The Morgan fingerprint density at radius 1 is 1.00 bits per heavy atom. The molecule has 0 spiro atoms. The molecule has 0 saturated heterocycles. The molecule has 38 heavy (non-hydrogen) atoms.